The van der Waals surface area contributed by atoms with Gasteiger partial charge in [0.15, 0.2) is 12.4 Å². The zero-order valence-electron chi connectivity index (χ0n) is 13.8. The van der Waals surface area contributed by atoms with Crippen LogP contribution in [0.3, 0.4) is 0 Å². The number of thiophene rings is 1. The second kappa shape index (κ2) is 8.69. The molecule has 8 heteroatoms. The van der Waals surface area contributed by atoms with Crippen LogP contribution in [-0.2, 0) is 9.53 Å². The Morgan fingerprint density at radius 1 is 1.31 bits per heavy atom. The maximum absolute atomic E-state index is 12.1. The van der Waals surface area contributed by atoms with Gasteiger partial charge < -0.3 is 15.5 Å². The maximum atomic E-state index is 12.1. The van der Waals surface area contributed by atoms with E-state index in [4.69, 9.17) is 15.4 Å². The molecule has 2 aromatic rings. The summed E-state index contributed by atoms with van der Waals surface area (Å²) in [5.41, 5.74) is 0.461. The minimum Gasteiger partial charge on any atom is -0.454 e. The van der Waals surface area contributed by atoms with Crippen LogP contribution < -0.4 is 5.32 Å². The van der Waals surface area contributed by atoms with Gasteiger partial charge in [-0.25, -0.2) is 4.79 Å². The van der Waals surface area contributed by atoms with Gasteiger partial charge in [0, 0.05) is 11.4 Å². The van der Waals surface area contributed by atoms with Gasteiger partial charge in [-0.15, -0.1) is 11.3 Å². The first-order valence-electron chi connectivity index (χ1n) is 7.51. The molecule has 0 spiro atoms. The monoisotopic (exact) mass is 369 g/mol. The molecule has 1 aromatic carbocycles. The van der Waals surface area contributed by atoms with Gasteiger partial charge >= 0.3 is 5.97 Å². The van der Waals surface area contributed by atoms with Crippen LogP contribution in [0.1, 0.15) is 27.0 Å². The van der Waals surface area contributed by atoms with E-state index >= 15 is 0 Å². The van der Waals surface area contributed by atoms with E-state index < -0.39 is 24.3 Å². The topological polar surface area (TPSA) is 120 Å². The summed E-state index contributed by atoms with van der Waals surface area (Å²) in [6, 6.07) is 11.2. The van der Waals surface area contributed by atoms with Gasteiger partial charge in [-0.2, -0.15) is 5.26 Å². The van der Waals surface area contributed by atoms with Crippen LogP contribution in [0.4, 0.5) is 5.69 Å². The SMILES string of the molecule is CC(=N)C(C#N)C(=O)COC(=O)c1cccc(NC(=O)c2cccs2)c1. The third-order valence-electron chi connectivity index (χ3n) is 3.33. The lowest BCUT2D eigenvalue weighted by Crippen LogP contribution is -2.25. The van der Waals surface area contributed by atoms with Crippen molar-refractivity contribution in [3.8, 4) is 6.07 Å². The molecular weight excluding hydrogens is 354 g/mol. The van der Waals surface area contributed by atoms with Crippen molar-refractivity contribution in [2.75, 3.05) is 11.9 Å². The second-order valence-corrected chi connectivity index (χ2v) is 6.25. The number of carbonyl (C=O) groups excluding carboxylic acids is 3. The van der Waals surface area contributed by atoms with E-state index in [1.807, 2.05) is 0 Å². The molecule has 7 nitrogen and oxygen atoms in total. The summed E-state index contributed by atoms with van der Waals surface area (Å²) in [4.78, 5) is 36.4. The molecule has 0 aliphatic heterocycles. The lowest BCUT2D eigenvalue weighted by Gasteiger charge is -2.09. The zero-order chi connectivity index (χ0) is 19.1. The largest absolute Gasteiger partial charge is 0.454 e. The van der Waals surface area contributed by atoms with E-state index in [9.17, 15) is 14.4 Å². The summed E-state index contributed by atoms with van der Waals surface area (Å²) in [7, 11) is 0. The molecule has 26 heavy (non-hydrogen) atoms. The van der Waals surface area contributed by atoms with Gasteiger partial charge in [0.05, 0.1) is 16.5 Å². The van der Waals surface area contributed by atoms with E-state index in [1.165, 1.54) is 30.4 Å². The number of rotatable bonds is 7. The Hall–Kier alpha value is -3.31. The van der Waals surface area contributed by atoms with Gasteiger partial charge in [-0.3, -0.25) is 9.59 Å². The number of hydrogen-bond acceptors (Lipinski definition) is 7. The van der Waals surface area contributed by atoms with Gasteiger partial charge in [0.1, 0.15) is 5.92 Å². The van der Waals surface area contributed by atoms with Crippen LogP contribution in [0.2, 0.25) is 0 Å². The first kappa shape index (κ1) is 19.0. The van der Waals surface area contributed by atoms with Crippen LogP contribution in [0.25, 0.3) is 0 Å². The number of ketones is 1. The lowest BCUT2D eigenvalue weighted by atomic mass is 10.0. The fourth-order valence-electron chi connectivity index (χ4n) is 2.04. The van der Waals surface area contributed by atoms with Crippen LogP contribution in [0, 0.1) is 22.7 Å². The van der Waals surface area contributed by atoms with Gasteiger partial charge in [-0.05, 0) is 36.6 Å². The average molecular weight is 369 g/mol. The molecule has 0 saturated carbocycles. The fourth-order valence-corrected chi connectivity index (χ4v) is 2.66. The zero-order valence-corrected chi connectivity index (χ0v) is 14.6. The highest BCUT2D eigenvalue weighted by Gasteiger charge is 2.22. The van der Waals surface area contributed by atoms with E-state index in [-0.39, 0.29) is 17.2 Å². The number of nitriles is 1. The molecule has 0 saturated heterocycles. The third kappa shape index (κ3) is 4.84. The molecule has 2 rings (SSSR count). The third-order valence-corrected chi connectivity index (χ3v) is 4.20. The van der Waals surface area contributed by atoms with Gasteiger partial charge in [0.25, 0.3) is 5.91 Å². The number of nitrogens with one attached hydrogen (secondary N) is 2. The van der Waals surface area contributed by atoms with Crippen molar-refractivity contribution >= 4 is 40.4 Å². The molecule has 1 amide bonds. The van der Waals surface area contributed by atoms with Crippen LogP contribution in [0.5, 0.6) is 0 Å². The number of Topliss-reactive ketones (excluding diaryl/α,β-unsaturated/α-hetero) is 1. The molecule has 1 unspecified atom stereocenters. The number of nitrogens with zero attached hydrogens (tertiary/aromatic N) is 1. The summed E-state index contributed by atoms with van der Waals surface area (Å²) >= 11 is 1.29. The Morgan fingerprint density at radius 2 is 2.08 bits per heavy atom. The molecular formula is C18H15N3O4S. The van der Waals surface area contributed by atoms with Crippen molar-refractivity contribution in [3.63, 3.8) is 0 Å². The number of hydrogen-bond donors (Lipinski definition) is 2. The van der Waals surface area contributed by atoms with E-state index in [1.54, 1.807) is 35.7 Å². The van der Waals surface area contributed by atoms with Gasteiger partial charge in [0.2, 0.25) is 0 Å². The summed E-state index contributed by atoms with van der Waals surface area (Å²) in [6.45, 7) is 0.742. The van der Waals surface area contributed by atoms with Crippen molar-refractivity contribution in [3.05, 3.63) is 52.2 Å². The molecule has 0 aliphatic carbocycles. The molecule has 1 aromatic heterocycles. The summed E-state index contributed by atoms with van der Waals surface area (Å²) in [5.74, 6) is -2.93. The Labute approximate surface area is 153 Å². The van der Waals surface area contributed by atoms with Crippen molar-refractivity contribution < 1.29 is 19.1 Å². The van der Waals surface area contributed by atoms with Crippen molar-refractivity contribution in [2.45, 2.75) is 6.92 Å². The normalized spacial score (nSPS) is 11.1. The smallest absolute Gasteiger partial charge is 0.338 e. The summed E-state index contributed by atoms with van der Waals surface area (Å²) in [6.07, 6.45) is 0. The van der Waals surface area contributed by atoms with Gasteiger partial charge in [-0.1, -0.05) is 12.1 Å². The molecule has 1 atom stereocenters. The average Bonchev–Trinajstić information content (AvgIpc) is 3.15. The minimum absolute atomic E-state index is 0.105. The Morgan fingerprint density at radius 3 is 2.69 bits per heavy atom. The number of anilines is 1. The highest BCUT2D eigenvalue weighted by Crippen LogP contribution is 2.15. The predicted octanol–water partition coefficient (Wildman–Crippen LogP) is 2.91. The fraction of sp³-hybridized carbons (Fsp3) is 0.167. The summed E-state index contributed by atoms with van der Waals surface area (Å²) in [5, 5.41) is 20.7. The van der Waals surface area contributed by atoms with Crippen molar-refractivity contribution in [2.24, 2.45) is 5.92 Å². The van der Waals surface area contributed by atoms with Crippen LogP contribution in [-0.4, -0.2) is 30.0 Å². The van der Waals surface area contributed by atoms with E-state index in [2.05, 4.69) is 5.32 Å². The maximum Gasteiger partial charge on any atom is 0.338 e. The number of carbonyl (C=O) groups is 3. The first-order chi connectivity index (χ1) is 12.4. The second-order valence-electron chi connectivity index (χ2n) is 5.30. The Kier molecular flexibility index (Phi) is 6.36. The molecule has 0 bridgehead atoms. The highest BCUT2D eigenvalue weighted by molar-refractivity contribution is 7.12. The Balaban J connectivity index is 1.99. The van der Waals surface area contributed by atoms with Crippen LogP contribution in [0.15, 0.2) is 41.8 Å². The minimum atomic E-state index is -1.22. The summed E-state index contributed by atoms with van der Waals surface area (Å²) < 4.78 is 4.91. The van der Waals surface area contributed by atoms with Crippen molar-refractivity contribution in [1.29, 1.82) is 10.7 Å². The lowest BCUT2D eigenvalue weighted by molar-refractivity contribution is -0.122. The van der Waals surface area contributed by atoms with E-state index in [0.717, 1.165) is 0 Å². The van der Waals surface area contributed by atoms with Crippen LogP contribution >= 0.6 is 11.3 Å². The molecule has 1 heterocycles. The number of amides is 1. The molecule has 0 fully saturated rings. The first-order valence-corrected chi connectivity index (χ1v) is 8.39. The Bertz CT molecular complexity index is 884. The highest BCUT2D eigenvalue weighted by atomic mass is 32.1. The standard InChI is InChI=1S/C18H15N3O4S/c1-11(20)14(9-19)15(22)10-25-18(24)12-4-2-5-13(8-12)21-17(23)16-6-3-7-26-16/h2-8,14,20H,10H2,1H3,(H,21,23). The number of benzene rings is 1. The molecule has 2 N–H and O–H groups in total. The quantitative estimate of drug-likeness (QED) is 0.574. The molecule has 0 radical (unpaired) electrons. The van der Waals surface area contributed by atoms with E-state index in [0.29, 0.717) is 10.6 Å². The van der Waals surface area contributed by atoms with Crippen molar-refractivity contribution in [1.82, 2.24) is 0 Å². The molecule has 132 valence electrons. The number of esters is 1. The molecule has 0 aliphatic rings. The number of ether oxygens (including phenoxy) is 1. The predicted molar refractivity (Wildman–Crippen MR) is 96.5 cm³/mol.